The third-order valence-electron chi connectivity index (χ3n) is 2.88. The molecule has 0 unspecified atom stereocenters. The third-order valence-corrected chi connectivity index (χ3v) is 2.88. The first-order chi connectivity index (χ1) is 8.52. The van der Waals surface area contributed by atoms with Gasteiger partial charge >= 0.3 is 6.03 Å². The predicted molar refractivity (Wildman–Crippen MR) is 74.2 cm³/mol. The molecular formula is C13H20N4O. The Kier molecular flexibility index (Phi) is 4.71. The van der Waals surface area contributed by atoms with Gasteiger partial charge in [0.05, 0.1) is 5.69 Å². The molecule has 18 heavy (non-hydrogen) atoms. The number of rotatable bonds is 4. The number of amides is 2. The van der Waals surface area contributed by atoms with E-state index in [1.165, 1.54) is 4.90 Å². The van der Waals surface area contributed by atoms with Gasteiger partial charge in [-0.3, -0.25) is 10.3 Å². The van der Waals surface area contributed by atoms with Crippen molar-refractivity contribution in [2.75, 3.05) is 25.0 Å². The standard InChI is InChI=1S/C13H20N4O/c1-4-17(5-2)13(18)16(3)11-9-7-6-8-10(11)12(14)15/h6-9H,4-5H2,1-3H3,(H3,14,15). The average molecular weight is 248 g/mol. The molecular weight excluding hydrogens is 228 g/mol. The number of nitrogens with one attached hydrogen (secondary N) is 1. The summed E-state index contributed by atoms with van der Waals surface area (Å²) in [5.74, 6) is -0.0372. The Morgan fingerprint density at radius 2 is 1.83 bits per heavy atom. The summed E-state index contributed by atoms with van der Waals surface area (Å²) < 4.78 is 0. The summed E-state index contributed by atoms with van der Waals surface area (Å²) in [6.07, 6.45) is 0. The van der Waals surface area contributed by atoms with Crippen LogP contribution in [0.1, 0.15) is 19.4 Å². The van der Waals surface area contributed by atoms with Crippen LogP contribution in [0.3, 0.4) is 0 Å². The van der Waals surface area contributed by atoms with Crippen molar-refractivity contribution in [3.8, 4) is 0 Å². The molecule has 3 N–H and O–H groups in total. The van der Waals surface area contributed by atoms with Crippen LogP contribution in [0.25, 0.3) is 0 Å². The van der Waals surface area contributed by atoms with E-state index in [1.54, 1.807) is 30.1 Å². The molecule has 0 radical (unpaired) electrons. The van der Waals surface area contributed by atoms with Crippen molar-refractivity contribution >= 4 is 17.6 Å². The molecule has 0 aromatic heterocycles. The second-order valence-corrected chi connectivity index (χ2v) is 3.94. The topological polar surface area (TPSA) is 73.4 Å². The lowest BCUT2D eigenvalue weighted by atomic mass is 10.1. The Morgan fingerprint density at radius 1 is 1.28 bits per heavy atom. The zero-order valence-corrected chi connectivity index (χ0v) is 11.1. The SMILES string of the molecule is CCN(CC)C(=O)N(C)c1ccccc1C(=N)N. The van der Waals surface area contributed by atoms with Crippen molar-refractivity contribution in [2.45, 2.75) is 13.8 Å². The number of amidine groups is 1. The number of carbonyl (C=O) groups is 1. The summed E-state index contributed by atoms with van der Waals surface area (Å²) >= 11 is 0. The van der Waals surface area contributed by atoms with E-state index in [2.05, 4.69) is 0 Å². The van der Waals surface area contributed by atoms with Gasteiger partial charge in [0.1, 0.15) is 5.84 Å². The maximum absolute atomic E-state index is 12.2. The Bertz CT molecular complexity index is 440. The van der Waals surface area contributed by atoms with E-state index < -0.39 is 0 Å². The van der Waals surface area contributed by atoms with E-state index in [0.29, 0.717) is 24.3 Å². The van der Waals surface area contributed by atoms with E-state index in [0.717, 1.165) is 0 Å². The quantitative estimate of drug-likeness (QED) is 0.630. The van der Waals surface area contributed by atoms with E-state index in [-0.39, 0.29) is 11.9 Å². The van der Waals surface area contributed by atoms with Gasteiger partial charge < -0.3 is 10.6 Å². The van der Waals surface area contributed by atoms with Crippen LogP contribution in [-0.4, -0.2) is 36.9 Å². The maximum atomic E-state index is 12.2. The number of nitrogen functional groups attached to an aromatic ring is 1. The minimum absolute atomic E-state index is 0.0372. The van der Waals surface area contributed by atoms with Gasteiger partial charge in [0.15, 0.2) is 0 Å². The van der Waals surface area contributed by atoms with Gasteiger partial charge in [-0.1, -0.05) is 12.1 Å². The fraction of sp³-hybridized carbons (Fsp3) is 0.385. The zero-order chi connectivity index (χ0) is 13.7. The molecule has 0 saturated heterocycles. The first kappa shape index (κ1) is 14.0. The minimum Gasteiger partial charge on any atom is -0.384 e. The van der Waals surface area contributed by atoms with E-state index >= 15 is 0 Å². The van der Waals surface area contributed by atoms with Crippen molar-refractivity contribution < 1.29 is 4.79 Å². The van der Waals surface area contributed by atoms with Crippen LogP contribution in [0.5, 0.6) is 0 Å². The van der Waals surface area contributed by atoms with Crippen LogP contribution in [-0.2, 0) is 0 Å². The number of nitrogens with two attached hydrogens (primary N) is 1. The van der Waals surface area contributed by atoms with Gasteiger partial charge in [-0.05, 0) is 26.0 Å². The molecule has 0 bridgehead atoms. The summed E-state index contributed by atoms with van der Waals surface area (Å²) in [5.41, 5.74) is 6.75. The largest absolute Gasteiger partial charge is 0.384 e. The van der Waals surface area contributed by atoms with Gasteiger partial charge in [0.25, 0.3) is 0 Å². The zero-order valence-electron chi connectivity index (χ0n) is 11.1. The molecule has 0 aliphatic rings. The summed E-state index contributed by atoms with van der Waals surface area (Å²) in [6, 6.07) is 7.07. The van der Waals surface area contributed by atoms with Crippen LogP contribution < -0.4 is 10.6 Å². The number of para-hydroxylation sites is 1. The highest BCUT2D eigenvalue weighted by Crippen LogP contribution is 2.19. The molecule has 5 nitrogen and oxygen atoms in total. The molecule has 1 aromatic rings. The van der Waals surface area contributed by atoms with Crippen LogP contribution in [0.4, 0.5) is 10.5 Å². The van der Waals surface area contributed by atoms with Crippen molar-refractivity contribution in [1.29, 1.82) is 5.41 Å². The second kappa shape index (κ2) is 6.05. The number of hydrogen-bond acceptors (Lipinski definition) is 2. The Labute approximate surface area is 108 Å². The normalized spacial score (nSPS) is 9.94. The fourth-order valence-electron chi connectivity index (χ4n) is 1.80. The van der Waals surface area contributed by atoms with Crippen molar-refractivity contribution in [1.82, 2.24) is 4.90 Å². The summed E-state index contributed by atoms with van der Waals surface area (Å²) in [6.45, 7) is 5.18. The molecule has 0 spiro atoms. The second-order valence-electron chi connectivity index (χ2n) is 3.94. The third kappa shape index (κ3) is 2.80. The molecule has 0 saturated carbocycles. The molecule has 0 aliphatic heterocycles. The summed E-state index contributed by atoms with van der Waals surface area (Å²) in [5, 5.41) is 7.53. The smallest absolute Gasteiger partial charge is 0.324 e. The molecule has 1 rings (SSSR count). The lowest BCUT2D eigenvalue weighted by Crippen LogP contribution is -2.41. The van der Waals surface area contributed by atoms with Gasteiger partial charge in [-0.25, -0.2) is 4.79 Å². The fourth-order valence-corrected chi connectivity index (χ4v) is 1.80. The van der Waals surface area contributed by atoms with Crippen molar-refractivity contribution in [2.24, 2.45) is 5.73 Å². The predicted octanol–water partition coefficient (Wildman–Crippen LogP) is 1.87. The first-order valence-corrected chi connectivity index (χ1v) is 5.98. The lowest BCUT2D eigenvalue weighted by molar-refractivity contribution is 0.211. The molecule has 98 valence electrons. The highest BCUT2D eigenvalue weighted by Gasteiger charge is 2.19. The molecule has 0 atom stereocenters. The average Bonchev–Trinajstić information content (AvgIpc) is 2.39. The van der Waals surface area contributed by atoms with Gasteiger partial charge in [0.2, 0.25) is 0 Å². The van der Waals surface area contributed by atoms with Gasteiger partial charge in [-0.15, -0.1) is 0 Å². The maximum Gasteiger partial charge on any atom is 0.324 e. The van der Waals surface area contributed by atoms with Crippen LogP contribution in [0.2, 0.25) is 0 Å². The molecule has 2 amide bonds. The monoisotopic (exact) mass is 248 g/mol. The van der Waals surface area contributed by atoms with Gasteiger partial charge in [0, 0.05) is 25.7 Å². The Balaban J connectivity index is 3.07. The van der Waals surface area contributed by atoms with Crippen LogP contribution >= 0.6 is 0 Å². The van der Waals surface area contributed by atoms with Crippen LogP contribution in [0.15, 0.2) is 24.3 Å². The molecule has 0 heterocycles. The summed E-state index contributed by atoms with van der Waals surface area (Å²) in [7, 11) is 1.70. The van der Waals surface area contributed by atoms with E-state index in [1.807, 2.05) is 19.9 Å². The van der Waals surface area contributed by atoms with E-state index in [4.69, 9.17) is 11.1 Å². The number of hydrogen-bond donors (Lipinski definition) is 2. The Morgan fingerprint density at radius 3 is 2.33 bits per heavy atom. The number of urea groups is 1. The van der Waals surface area contributed by atoms with E-state index in [9.17, 15) is 4.79 Å². The lowest BCUT2D eigenvalue weighted by Gasteiger charge is -2.27. The first-order valence-electron chi connectivity index (χ1n) is 5.98. The minimum atomic E-state index is -0.0892. The highest BCUT2D eigenvalue weighted by molar-refractivity contribution is 6.04. The number of benzene rings is 1. The highest BCUT2D eigenvalue weighted by atomic mass is 16.2. The number of nitrogens with zero attached hydrogens (tertiary/aromatic N) is 2. The number of carbonyl (C=O) groups excluding carboxylic acids is 1. The molecule has 5 heteroatoms. The number of anilines is 1. The summed E-state index contributed by atoms with van der Waals surface area (Å²) in [4.78, 5) is 15.5. The molecule has 0 fully saturated rings. The Hall–Kier alpha value is -2.04. The molecule has 0 aliphatic carbocycles. The van der Waals surface area contributed by atoms with Crippen molar-refractivity contribution in [3.05, 3.63) is 29.8 Å². The van der Waals surface area contributed by atoms with Crippen LogP contribution in [0, 0.1) is 5.41 Å². The van der Waals surface area contributed by atoms with Crippen molar-refractivity contribution in [3.63, 3.8) is 0 Å². The van der Waals surface area contributed by atoms with Gasteiger partial charge in [-0.2, -0.15) is 0 Å². The molecule has 1 aromatic carbocycles.